The van der Waals surface area contributed by atoms with Crippen molar-refractivity contribution >= 4 is 12.4 Å². The van der Waals surface area contributed by atoms with Gasteiger partial charge in [-0.3, -0.25) is 0 Å². The predicted octanol–water partition coefficient (Wildman–Crippen LogP) is 4.06. The van der Waals surface area contributed by atoms with Crippen LogP contribution in [0.3, 0.4) is 0 Å². The molecule has 1 aliphatic heterocycles. The van der Waals surface area contributed by atoms with Crippen LogP contribution < -0.4 is 10.5 Å². The van der Waals surface area contributed by atoms with Gasteiger partial charge < -0.3 is 10.5 Å². The van der Waals surface area contributed by atoms with Crippen LogP contribution in [0.1, 0.15) is 11.1 Å². The van der Waals surface area contributed by atoms with Crippen molar-refractivity contribution in [3.05, 3.63) is 53.6 Å². The first-order valence-electron chi connectivity index (χ1n) is 6.65. The summed E-state index contributed by atoms with van der Waals surface area (Å²) in [6.07, 6.45) is -3.64. The lowest BCUT2D eigenvalue weighted by atomic mass is 9.99. The van der Waals surface area contributed by atoms with Gasteiger partial charge in [0.25, 0.3) is 0 Å². The van der Waals surface area contributed by atoms with Crippen molar-refractivity contribution in [2.45, 2.75) is 18.7 Å². The van der Waals surface area contributed by atoms with Crippen molar-refractivity contribution < 1.29 is 17.9 Å². The number of nitrogens with two attached hydrogens (primary N) is 1. The van der Waals surface area contributed by atoms with E-state index in [1.165, 1.54) is 12.1 Å². The number of para-hydroxylation sites is 1. The standard InChI is InChI=1S/C16H14F3NO.ClH/c17-16(18,19)12-6-4-10(5-7-12)14-3-1-2-11-8-13(9-20)21-15(11)14;/h1-7,13H,8-9,20H2;1H. The number of halogens is 4. The van der Waals surface area contributed by atoms with Crippen LogP contribution in [0.4, 0.5) is 13.2 Å². The fraction of sp³-hybridized carbons (Fsp3) is 0.250. The van der Waals surface area contributed by atoms with E-state index in [-0.39, 0.29) is 18.5 Å². The third-order valence-corrected chi connectivity index (χ3v) is 3.61. The molecule has 1 unspecified atom stereocenters. The van der Waals surface area contributed by atoms with Gasteiger partial charge in [0.05, 0.1) is 5.56 Å². The van der Waals surface area contributed by atoms with Crippen molar-refractivity contribution in [2.24, 2.45) is 5.73 Å². The summed E-state index contributed by atoms with van der Waals surface area (Å²) in [6.45, 7) is 0.418. The second kappa shape index (κ2) is 6.18. The quantitative estimate of drug-likeness (QED) is 0.902. The highest BCUT2D eigenvalue weighted by atomic mass is 35.5. The summed E-state index contributed by atoms with van der Waals surface area (Å²) in [5, 5.41) is 0. The van der Waals surface area contributed by atoms with E-state index < -0.39 is 11.7 Å². The van der Waals surface area contributed by atoms with Gasteiger partial charge in [0.1, 0.15) is 11.9 Å². The molecule has 0 amide bonds. The molecule has 2 aromatic carbocycles. The van der Waals surface area contributed by atoms with Crippen LogP contribution in [0.5, 0.6) is 5.75 Å². The number of ether oxygens (including phenoxy) is 1. The van der Waals surface area contributed by atoms with Gasteiger partial charge in [-0.05, 0) is 23.3 Å². The van der Waals surface area contributed by atoms with Crippen LogP contribution in [0, 0.1) is 0 Å². The van der Waals surface area contributed by atoms with Crippen LogP contribution in [-0.4, -0.2) is 12.6 Å². The van der Waals surface area contributed by atoms with Gasteiger partial charge in [0, 0.05) is 18.5 Å². The lowest BCUT2D eigenvalue weighted by molar-refractivity contribution is -0.137. The fourth-order valence-corrected chi connectivity index (χ4v) is 2.54. The topological polar surface area (TPSA) is 35.2 Å². The zero-order valence-electron chi connectivity index (χ0n) is 11.6. The Balaban J connectivity index is 0.00000176. The van der Waals surface area contributed by atoms with Gasteiger partial charge in [0.15, 0.2) is 0 Å². The van der Waals surface area contributed by atoms with Crippen LogP contribution in [0.2, 0.25) is 0 Å². The number of hydrogen-bond acceptors (Lipinski definition) is 2. The average Bonchev–Trinajstić information content (AvgIpc) is 2.89. The Labute approximate surface area is 132 Å². The smallest absolute Gasteiger partial charge is 0.416 e. The predicted molar refractivity (Wildman–Crippen MR) is 81.3 cm³/mol. The molecule has 3 rings (SSSR count). The van der Waals surface area contributed by atoms with E-state index in [0.717, 1.165) is 35.4 Å². The number of hydrogen-bond donors (Lipinski definition) is 1. The Kier molecular flexibility index (Phi) is 4.68. The highest BCUT2D eigenvalue weighted by Gasteiger charge is 2.30. The number of rotatable bonds is 2. The van der Waals surface area contributed by atoms with E-state index in [9.17, 15) is 13.2 Å². The molecule has 0 aromatic heterocycles. The normalized spacial score (nSPS) is 16.6. The molecule has 0 radical (unpaired) electrons. The molecule has 0 bridgehead atoms. The summed E-state index contributed by atoms with van der Waals surface area (Å²) in [7, 11) is 0. The first-order chi connectivity index (χ1) is 9.99. The maximum atomic E-state index is 12.6. The molecular weight excluding hydrogens is 315 g/mol. The maximum Gasteiger partial charge on any atom is 0.416 e. The fourth-order valence-electron chi connectivity index (χ4n) is 2.54. The third-order valence-electron chi connectivity index (χ3n) is 3.61. The van der Waals surface area contributed by atoms with Gasteiger partial charge in [-0.2, -0.15) is 13.2 Å². The summed E-state index contributed by atoms with van der Waals surface area (Å²) in [4.78, 5) is 0. The number of alkyl halides is 3. The molecule has 0 fully saturated rings. The summed E-state index contributed by atoms with van der Waals surface area (Å²) in [5.74, 6) is 0.729. The minimum absolute atomic E-state index is 0. The second-order valence-corrected chi connectivity index (χ2v) is 5.05. The first-order valence-corrected chi connectivity index (χ1v) is 6.65. The molecule has 0 aliphatic carbocycles. The molecule has 2 aromatic rings. The third kappa shape index (κ3) is 3.05. The Hall–Kier alpha value is -1.72. The number of benzene rings is 2. The molecule has 2 nitrogen and oxygen atoms in total. The summed E-state index contributed by atoms with van der Waals surface area (Å²) in [5.41, 5.74) is 7.52. The largest absolute Gasteiger partial charge is 0.488 e. The Bertz CT molecular complexity index is 655. The first kappa shape index (κ1) is 16.6. The zero-order chi connectivity index (χ0) is 15.0. The highest BCUT2D eigenvalue weighted by molar-refractivity contribution is 5.85. The molecule has 0 saturated carbocycles. The van der Waals surface area contributed by atoms with E-state index >= 15 is 0 Å². The van der Waals surface area contributed by atoms with Gasteiger partial charge in [0.2, 0.25) is 0 Å². The Morgan fingerprint density at radius 3 is 2.36 bits per heavy atom. The van der Waals surface area contributed by atoms with Gasteiger partial charge in [-0.15, -0.1) is 12.4 Å². The monoisotopic (exact) mass is 329 g/mol. The zero-order valence-corrected chi connectivity index (χ0v) is 12.4. The number of fused-ring (bicyclic) bond motifs is 1. The van der Waals surface area contributed by atoms with Gasteiger partial charge in [-0.1, -0.05) is 30.3 Å². The van der Waals surface area contributed by atoms with E-state index in [2.05, 4.69) is 0 Å². The van der Waals surface area contributed by atoms with E-state index in [0.29, 0.717) is 12.1 Å². The van der Waals surface area contributed by atoms with E-state index in [1.54, 1.807) is 0 Å². The molecule has 22 heavy (non-hydrogen) atoms. The van der Waals surface area contributed by atoms with Crippen LogP contribution in [0.15, 0.2) is 42.5 Å². The highest BCUT2D eigenvalue weighted by Crippen LogP contribution is 2.39. The van der Waals surface area contributed by atoms with Crippen LogP contribution in [0.25, 0.3) is 11.1 Å². The van der Waals surface area contributed by atoms with Gasteiger partial charge >= 0.3 is 6.18 Å². The van der Waals surface area contributed by atoms with Crippen molar-refractivity contribution in [1.29, 1.82) is 0 Å². The van der Waals surface area contributed by atoms with Crippen molar-refractivity contribution in [3.8, 4) is 16.9 Å². The lowest BCUT2D eigenvalue weighted by Gasteiger charge is -2.12. The molecule has 1 heterocycles. The molecule has 0 saturated heterocycles. The van der Waals surface area contributed by atoms with Gasteiger partial charge in [-0.25, -0.2) is 0 Å². The van der Waals surface area contributed by atoms with Crippen LogP contribution >= 0.6 is 12.4 Å². The summed E-state index contributed by atoms with van der Waals surface area (Å²) >= 11 is 0. The van der Waals surface area contributed by atoms with Crippen LogP contribution in [-0.2, 0) is 12.6 Å². The SMILES string of the molecule is Cl.NCC1Cc2cccc(-c3ccc(C(F)(F)F)cc3)c2O1. The molecule has 6 heteroatoms. The summed E-state index contributed by atoms with van der Waals surface area (Å²) in [6, 6.07) is 10.8. The Morgan fingerprint density at radius 1 is 1.09 bits per heavy atom. The molecule has 118 valence electrons. The lowest BCUT2D eigenvalue weighted by Crippen LogP contribution is -2.24. The van der Waals surface area contributed by atoms with Crippen molar-refractivity contribution in [3.63, 3.8) is 0 Å². The molecule has 1 atom stereocenters. The minimum Gasteiger partial charge on any atom is -0.488 e. The maximum absolute atomic E-state index is 12.6. The van der Waals surface area contributed by atoms with E-state index in [4.69, 9.17) is 10.5 Å². The molecule has 0 spiro atoms. The molecular formula is C16H15ClF3NO. The Morgan fingerprint density at radius 2 is 1.77 bits per heavy atom. The average molecular weight is 330 g/mol. The minimum atomic E-state index is -4.32. The van der Waals surface area contributed by atoms with Crippen molar-refractivity contribution in [1.82, 2.24) is 0 Å². The second-order valence-electron chi connectivity index (χ2n) is 5.05. The van der Waals surface area contributed by atoms with E-state index in [1.807, 2.05) is 18.2 Å². The molecule has 2 N–H and O–H groups in total. The molecule has 1 aliphatic rings. The van der Waals surface area contributed by atoms with Crippen molar-refractivity contribution in [2.75, 3.05) is 6.54 Å². The summed E-state index contributed by atoms with van der Waals surface area (Å²) < 4.78 is 43.6.